The van der Waals surface area contributed by atoms with Crippen molar-refractivity contribution in [3.8, 4) is 5.69 Å². The second-order valence-electron chi connectivity index (χ2n) is 6.50. The van der Waals surface area contributed by atoms with Crippen LogP contribution in [-0.2, 0) is 4.79 Å². The number of hydrogen-bond donors (Lipinski definition) is 1. The molecule has 1 aromatic carbocycles. The molecule has 26 heavy (non-hydrogen) atoms. The van der Waals surface area contributed by atoms with Crippen LogP contribution >= 0.6 is 0 Å². The summed E-state index contributed by atoms with van der Waals surface area (Å²) in [4.78, 5) is 40.2. The van der Waals surface area contributed by atoms with Gasteiger partial charge in [-0.25, -0.2) is 9.67 Å². The van der Waals surface area contributed by atoms with E-state index in [4.69, 9.17) is 0 Å². The van der Waals surface area contributed by atoms with Crippen molar-refractivity contribution in [2.45, 2.75) is 19.8 Å². The highest BCUT2D eigenvalue weighted by atomic mass is 16.6. The molecule has 1 saturated heterocycles. The molecule has 1 N–H and O–H groups in total. The fraction of sp³-hybridized carbons (Fsp3) is 0.375. The lowest BCUT2D eigenvalue weighted by Gasteiger charge is -2.37. The second-order valence-corrected chi connectivity index (χ2v) is 6.50. The topological polar surface area (TPSA) is 131 Å². The van der Waals surface area contributed by atoms with Gasteiger partial charge in [-0.15, -0.1) is 0 Å². The molecule has 1 atom stereocenters. The van der Waals surface area contributed by atoms with E-state index in [-0.39, 0.29) is 23.5 Å². The minimum Gasteiger partial charge on any atom is -0.481 e. The van der Waals surface area contributed by atoms with Gasteiger partial charge in [-0.05, 0) is 31.9 Å². The maximum absolute atomic E-state index is 12.8. The first kappa shape index (κ1) is 17.5. The van der Waals surface area contributed by atoms with Gasteiger partial charge in [-0.3, -0.25) is 19.7 Å². The number of carboxylic acids is 1. The predicted molar refractivity (Wildman–Crippen MR) is 88.9 cm³/mol. The molecule has 1 unspecified atom stereocenters. The molecule has 1 aliphatic rings. The zero-order chi connectivity index (χ0) is 18.9. The van der Waals surface area contributed by atoms with Gasteiger partial charge in [0.05, 0.1) is 10.3 Å². The van der Waals surface area contributed by atoms with Crippen molar-refractivity contribution in [1.82, 2.24) is 19.7 Å². The van der Waals surface area contributed by atoms with E-state index in [1.807, 2.05) is 0 Å². The number of nitrogens with zero attached hydrogens (tertiary/aromatic N) is 5. The van der Waals surface area contributed by atoms with Crippen LogP contribution in [0.5, 0.6) is 0 Å². The van der Waals surface area contributed by atoms with Crippen LogP contribution in [0.15, 0.2) is 30.9 Å². The van der Waals surface area contributed by atoms with E-state index in [0.29, 0.717) is 19.4 Å². The second kappa shape index (κ2) is 6.54. The maximum atomic E-state index is 12.8. The van der Waals surface area contributed by atoms with Crippen LogP contribution in [-0.4, -0.2) is 54.7 Å². The van der Waals surface area contributed by atoms with Gasteiger partial charge in [0.1, 0.15) is 18.3 Å². The van der Waals surface area contributed by atoms with E-state index in [9.17, 15) is 24.8 Å². The third kappa shape index (κ3) is 3.13. The normalized spacial score (nSPS) is 20.0. The van der Waals surface area contributed by atoms with Crippen LogP contribution in [0.1, 0.15) is 30.1 Å². The summed E-state index contributed by atoms with van der Waals surface area (Å²) >= 11 is 0. The molecule has 1 aliphatic heterocycles. The Morgan fingerprint density at radius 2 is 2.15 bits per heavy atom. The summed E-state index contributed by atoms with van der Waals surface area (Å²) in [5, 5.41) is 24.7. The van der Waals surface area contributed by atoms with Gasteiger partial charge in [0.25, 0.3) is 11.6 Å². The van der Waals surface area contributed by atoms with Crippen LogP contribution in [0.3, 0.4) is 0 Å². The van der Waals surface area contributed by atoms with Crippen molar-refractivity contribution in [3.63, 3.8) is 0 Å². The van der Waals surface area contributed by atoms with Crippen molar-refractivity contribution in [2.24, 2.45) is 5.41 Å². The highest BCUT2D eigenvalue weighted by Crippen LogP contribution is 2.31. The quantitative estimate of drug-likeness (QED) is 0.646. The SMILES string of the molecule is CC1(C(=O)O)CCCN(C(=O)c2ccc(-n3cncn3)c([N+](=O)[O-])c2)C1. The zero-order valence-electron chi connectivity index (χ0n) is 14.0. The van der Waals surface area contributed by atoms with Crippen molar-refractivity contribution < 1.29 is 19.6 Å². The molecule has 1 amide bonds. The van der Waals surface area contributed by atoms with Gasteiger partial charge in [-0.2, -0.15) is 5.10 Å². The Kier molecular flexibility index (Phi) is 4.41. The number of carbonyl (C=O) groups is 2. The fourth-order valence-corrected chi connectivity index (χ4v) is 3.10. The smallest absolute Gasteiger partial charge is 0.311 e. The van der Waals surface area contributed by atoms with Gasteiger partial charge < -0.3 is 10.0 Å². The van der Waals surface area contributed by atoms with Crippen LogP contribution in [0, 0.1) is 15.5 Å². The lowest BCUT2D eigenvalue weighted by Crippen LogP contribution is -2.48. The van der Waals surface area contributed by atoms with Crippen molar-refractivity contribution in [2.75, 3.05) is 13.1 Å². The van der Waals surface area contributed by atoms with E-state index in [2.05, 4.69) is 10.1 Å². The Hall–Kier alpha value is -3.30. The Balaban J connectivity index is 1.92. The molecule has 0 aliphatic carbocycles. The lowest BCUT2D eigenvalue weighted by molar-refractivity contribution is -0.384. The van der Waals surface area contributed by atoms with Crippen molar-refractivity contribution in [1.29, 1.82) is 0 Å². The monoisotopic (exact) mass is 359 g/mol. The summed E-state index contributed by atoms with van der Waals surface area (Å²) < 4.78 is 1.24. The number of nitro groups is 1. The third-order valence-corrected chi connectivity index (χ3v) is 4.58. The minimum absolute atomic E-state index is 0.0692. The van der Waals surface area contributed by atoms with E-state index < -0.39 is 22.2 Å². The Labute approximate surface area is 148 Å². The predicted octanol–water partition coefficient (Wildman–Crippen LogP) is 1.50. The van der Waals surface area contributed by atoms with Crippen molar-refractivity contribution in [3.05, 3.63) is 46.5 Å². The fourth-order valence-electron chi connectivity index (χ4n) is 3.10. The van der Waals surface area contributed by atoms with Gasteiger partial charge in [-0.1, -0.05) is 0 Å². The molecule has 1 fully saturated rings. The lowest BCUT2D eigenvalue weighted by atomic mass is 9.82. The molecule has 1 aromatic heterocycles. The average molecular weight is 359 g/mol. The van der Waals surface area contributed by atoms with Crippen LogP contribution in [0.25, 0.3) is 5.69 Å². The van der Waals surface area contributed by atoms with Crippen molar-refractivity contribution >= 4 is 17.6 Å². The molecule has 3 rings (SSSR count). The summed E-state index contributed by atoms with van der Waals surface area (Å²) in [6.45, 7) is 2.09. The summed E-state index contributed by atoms with van der Waals surface area (Å²) in [6.07, 6.45) is 3.63. The number of carboxylic acid groups (broad SMARTS) is 1. The van der Waals surface area contributed by atoms with Gasteiger partial charge in [0.2, 0.25) is 0 Å². The van der Waals surface area contributed by atoms with Gasteiger partial charge in [0, 0.05) is 24.7 Å². The Morgan fingerprint density at radius 1 is 1.38 bits per heavy atom. The number of amides is 1. The number of benzene rings is 1. The molecule has 10 nitrogen and oxygen atoms in total. The van der Waals surface area contributed by atoms with Gasteiger partial charge >= 0.3 is 5.97 Å². The number of hydrogen-bond acceptors (Lipinski definition) is 6. The Bertz CT molecular complexity index is 866. The van der Waals surface area contributed by atoms with E-state index in [1.54, 1.807) is 6.92 Å². The average Bonchev–Trinajstić information content (AvgIpc) is 3.15. The molecule has 2 aromatic rings. The number of carbonyl (C=O) groups excluding carboxylic acids is 1. The number of likely N-dealkylation sites (tertiary alicyclic amines) is 1. The molecular formula is C16H17N5O5. The maximum Gasteiger partial charge on any atom is 0.311 e. The summed E-state index contributed by atoms with van der Waals surface area (Å²) in [5.41, 5.74) is -0.965. The number of aliphatic carboxylic acids is 1. The van der Waals surface area contributed by atoms with E-state index >= 15 is 0 Å². The number of aromatic nitrogens is 3. The molecule has 0 saturated carbocycles. The van der Waals surface area contributed by atoms with E-state index in [1.165, 1.54) is 40.4 Å². The number of rotatable bonds is 4. The largest absolute Gasteiger partial charge is 0.481 e. The molecule has 0 spiro atoms. The molecule has 0 radical (unpaired) electrons. The number of piperidine rings is 1. The molecule has 0 bridgehead atoms. The molecule has 136 valence electrons. The number of nitro benzene ring substituents is 1. The van der Waals surface area contributed by atoms with Gasteiger partial charge in [0.15, 0.2) is 0 Å². The first-order valence-electron chi connectivity index (χ1n) is 7.98. The zero-order valence-corrected chi connectivity index (χ0v) is 14.0. The summed E-state index contributed by atoms with van der Waals surface area (Å²) in [7, 11) is 0. The molecular weight excluding hydrogens is 342 g/mol. The first-order chi connectivity index (χ1) is 12.3. The molecule has 2 heterocycles. The molecule has 10 heteroatoms. The summed E-state index contributed by atoms with van der Waals surface area (Å²) in [6, 6.07) is 4.09. The highest BCUT2D eigenvalue weighted by molar-refractivity contribution is 5.96. The Morgan fingerprint density at radius 3 is 2.77 bits per heavy atom. The first-order valence-corrected chi connectivity index (χ1v) is 7.98. The minimum atomic E-state index is -1.01. The standard InChI is InChI=1S/C16H17N5O5/c1-16(15(23)24)5-2-6-19(8-16)14(22)11-3-4-12(13(7-11)21(25)26)20-10-17-9-18-20/h3-4,7,9-10H,2,5-6,8H2,1H3,(H,23,24). The third-order valence-electron chi connectivity index (χ3n) is 4.58. The van der Waals surface area contributed by atoms with Crippen LogP contribution in [0.2, 0.25) is 0 Å². The summed E-state index contributed by atoms with van der Waals surface area (Å²) in [5.74, 6) is -1.38. The van der Waals surface area contributed by atoms with Crippen LogP contribution in [0.4, 0.5) is 5.69 Å². The highest BCUT2D eigenvalue weighted by Gasteiger charge is 2.39. The van der Waals surface area contributed by atoms with E-state index in [0.717, 1.165) is 0 Å². The van der Waals surface area contributed by atoms with Crippen LogP contribution < -0.4 is 0 Å².